The Labute approximate surface area is 249 Å². The third kappa shape index (κ3) is 6.09. The second kappa shape index (κ2) is 12.4. The van der Waals surface area contributed by atoms with E-state index in [0.717, 1.165) is 60.1 Å². The summed E-state index contributed by atoms with van der Waals surface area (Å²) in [6.45, 7) is 3.08. The Morgan fingerprint density at radius 3 is 2.60 bits per heavy atom. The molecule has 0 bridgehead atoms. The minimum atomic E-state index is -0.608. The zero-order valence-corrected chi connectivity index (χ0v) is 23.9. The molecule has 0 spiro atoms. The number of amides is 1. The maximum Gasteiger partial charge on any atom is 0.412 e. The maximum atomic E-state index is 13.2. The van der Waals surface area contributed by atoms with Crippen molar-refractivity contribution in [3.8, 4) is 23.1 Å². The van der Waals surface area contributed by atoms with Crippen molar-refractivity contribution in [3.05, 3.63) is 102 Å². The molecule has 1 atom stereocenters. The monoisotopic (exact) mass is 577 g/mol. The van der Waals surface area contributed by atoms with Crippen molar-refractivity contribution in [1.29, 1.82) is 5.26 Å². The molecule has 0 radical (unpaired) electrons. The predicted octanol–water partition coefficient (Wildman–Crippen LogP) is 8.02. The van der Waals surface area contributed by atoms with Gasteiger partial charge in [0.15, 0.2) is 0 Å². The molecule has 8 nitrogen and oxygen atoms in total. The summed E-state index contributed by atoms with van der Waals surface area (Å²) < 4.78 is 29.0. The highest BCUT2D eigenvalue weighted by Gasteiger charge is 2.28. The quantitative estimate of drug-likeness (QED) is 0.170. The van der Waals surface area contributed by atoms with Crippen LogP contribution in [-0.4, -0.2) is 27.0 Å². The fourth-order valence-electron chi connectivity index (χ4n) is 5.47. The summed E-state index contributed by atoms with van der Waals surface area (Å²) in [5.41, 5.74) is 4.64. The van der Waals surface area contributed by atoms with Crippen molar-refractivity contribution in [2.24, 2.45) is 0 Å². The number of benzene rings is 3. The average Bonchev–Trinajstić information content (AvgIpc) is 3.61. The fourth-order valence-corrected chi connectivity index (χ4v) is 5.47. The number of carbonyl (C=O) groups is 1. The van der Waals surface area contributed by atoms with Gasteiger partial charge in [-0.25, -0.2) is 9.18 Å². The molecule has 6 rings (SSSR count). The lowest BCUT2D eigenvalue weighted by molar-refractivity contribution is 0.121. The third-order valence-electron chi connectivity index (χ3n) is 7.91. The number of nitrogens with zero attached hydrogens (tertiary/aromatic N) is 4. The second-order valence-electron chi connectivity index (χ2n) is 10.7. The first-order valence-electron chi connectivity index (χ1n) is 14.5. The van der Waals surface area contributed by atoms with E-state index in [1.54, 1.807) is 37.4 Å². The Morgan fingerprint density at radius 2 is 1.93 bits per heavy atom. The molecule has 1 aliphatic rings. The van der Waals surface area contributed by atoms with Gasteiger partial charge in [0, 0.05) is 48.5 Å². The molecular formula is C34H32FN5O3. The Hall–Kier alpha value is -5.10. The van der Waals surface area contributed by atoms with E-state index in [-0.39, 0.29) is 5.82 Å². The number of hydrogen-bond acceptors (Lipinski definition) is 5. The molecule has 5 aromatic rings. The summed E-state index contributed by atoms with van der Waals surface area (Å²) >= 11 is 0. The van der Waals surface area contributed by atoms with Gasteiger partial charge in [-0.05, 0) is 79.8 Å². The van der Waals surface area contributed by atoms with E-state index in [2.05, 4.69) is 21.1 Å². The van der Waals surface area contributed by atoms with Gasteiger partial charge in [0.1, 0.15) is 23.7 Å². The molecule has 1 amide bonds. The molecule has 1 unspecified atom stereocenters. The standard InChI is InChI=1S/C34H32FN5O3/c1-23(24-7-11-26(35)12-8-24)43-34(41)38-27-13-9-25(10-14-27)33-31(22-36)30-16-15-29(21-32(30)40(33)28-5-2-6-28)42-20-4-19-39-18-3-17-37-39/h3,7-18,21,23,28H,2,4-6,19-20H2,1H3,(H,38,41). The highest BCUT2D eigenvalue weighted by Crippen LogP contribution is 2.43. The van der Waals surface area contributed by atoms with Gasteiger partial charge in [-0.15, -0.1) is 0 Å². The molecule has 43 heavy (non-hydrogen) atoms. The van der Waals surface area contributed by atoms with Crippen molar-refractivity contribution in [2.45, 2.75) is 51.3 Å². The van der Waals surface area contributed by atoms with Crippen LogP contribution in [0.1, 0.15) is 55.9 Å². The van der Waals surface area contributed by atoms with E-state index in [4.69, 9.17) is 9.47 Å². The van der Waals surface area contributed by atoms with Gasteiger partial charge < -0.3 is 14.0 Å². The SMILES string of the molecule is CC(OC(=O)Nc1ccc(-c2c(C#N)c3ccc(OCCCn4cccn4)cc3n2C2CCC2)cc1)c1ccc(F)cc1. The molecule has 2 heterocycles. The summed E-state index contributed by atoms with van der Waals surface area (Å²) in [6, 6.07) is 23.9. The van der Waals surface area contributed by atoms with Crippen LogP contribution in [0.3, 0.4) is 0 Å². The van der Waals surface area contributed by atoms with Crippen LogP contribution in [0.15, 0.2) is 85.2 Å². The largest absolute Gasteiger partial charge is 0.493 e. The van der Waals surface area contributed by atoms with Gasteiger partial charge in [0.2, 0.25) is 0 Å². The lowest BCUT2D eigenvalue weighted by Gasteiger charge is -2.30. The van der Waals surface area contributed by atoms with E-state index in [1.165, 1.54) is 12.1 Å². The van der Waals surface area contributed by atoms with Crippen LogP contribution in [0.5, 0.6) is 5.75 Å². The first-order chi connectivity index (χ1) is 21.0. The second-order valence-corrected chi connectivity index (χ2v) is 10.7. The molecule has 2 aromatic heterocycles. The molecule has 1 fully saturated rings. The van der Waals surface area contributed by atoms with Gasteiger partial charge in [-0.1, -0.05) is 24.3 Å². The average molecular weight is 578 g/mol. The zero-order chi connectivity index (χ0) is 29.8. The Morgan fingerprint density at radius 1 is 1.14 bits per heavy atom. The van der Waals surface area contributed by atoms with Gasteiger partial charge in [-0.2, -0.15) is 10.4 Å². The number of carbonyl (C=O) groups excluding carboxylic acids is 1. The normalized spacial score (nSPS) is 13.7. The van der Waals surface area contributed by atoms with E-state index in [9.17, 15) is 14.4 Å². The number of nitriles is 1. The van der Waals surface area contributed by atoms with Gasteiger partial charge in [0.25, 0.3) is 0 Å². The predicted molar refractivity (Wildman–Crippen MR) is 162 cm³/mol. The van der Waals surface area contributed by atoms with Crippen molar-refractivity contribution in [2.75, 3.05) is 11.9 Å². The van der Waals surface area contributed by atoms with Crippen molar-refractivity contribution < 1.29 is 18.7 Å². The van der Waals surface area contributed by atoms with Gasteiger partial charge >= 0.3 is 6.09 Å². The van der Waals surface area contributed by atoms with Crippen LogP contribution < -0.4 is 10.1 Å². The Kier molecular flexibility index (Phi) is 8.09. The summed E-state index contributed by atoms with van der Waals surface area (Å²) in [5.74, 6) is 0.428. The van der Waals surface area contributed by atoms with Crippen LogP contribution in [0.4, 0.5) is 14.9 Å². The van der Waals surface area contributed by atoms with E-state index in [1.807, 2.05) is 47.3 Å². The van der Waals surface area contributed by atoms with Crippen molar-refractivity contribution in [1.82, 2.24) is 14.3 Å². The number of ether oxygens (including phenoxy) is 2. The number of aryl methyl sites for hydroxylation is 1. The molecule has 1 saturated carbocycles. The number of aromatic nitrogens is 3. The van der Waals surface area contributed by atoms with Crippen molar-refractivity contribution >= 4 is 22.7 Å². The topological polar surface area (TPSA) is 94.1 Å². The number of anilines is 1. The molecular weight excluding hydrogens is 545 g/mol. The molecule has 9 heteroatoms. The lowest BCUT2D eigenvalue weighted by atomic mass is 9.92. The van der Waals surface area contributed by atoms with E-state index < -0.39 is 12.2 Å². The van der Waals surface area contributed by atoms with Gasteiger partial charge in [0.05, 0.1) is 23.4 Å². The van der Waals surface area contributed by atoms with E-state index in [0.29, 0.717) is 29.5 Å². The van der Waals surface area contributed by atoms with Gasteiger partial charge in [-0.3, -0.25) is 10.00 Å². The number of halogens is 1. The highest BCUT2D eigenvalue weighted by atomic mass is 19.1. The minimum Gasteiger partial charge on any atom is -0.493 e. The third-order valence-corrected chi connectivity index (χ3v) is 7.91. The first kappa shape index (κ1) is 28.0. The molecule has 218 valence electrons. The lowest BCUT2D eigenvalue weighted by Crippen LogP contribution is -2.18. The summed E-state index contributed by atoms with van der Waals surface area (Å²) in [6.07, 6.45) is 6.64. The zero-order valence-electron chi connectivity index (χ0n) is 23.9. The number of nitrogens with one attached hydrogen (secondary N) is 1. The molecule has 0 aliphatic heterocycles. The number of hydrogen-bond donors (Lipinski definition) is 1. The van der Waals surface area contributed by atoms with Crippen LogP contribution in [0.2, 0.25) is 0 Å². The van der Waals surface area contributed by atoms with Crippen LogP contribution in [0.25, 0.3) is 22.2 Å². The van der Waals surface area contributed by atoms with Crippen LogP contribution in [0, 0.1) is 17.1 Å². The first-order valence-corrected chi connectivity index (χ1v) is 14.5. The molecule has 0 saturated heterocycles. The minimum absolute atomic E-state index is 0.301. The molecule has 1 aliphatic carbocycles. The highest BCUT2D eigenvalue weighted by molar-refractivity contribution is 5.96. The maximum absolute atomic E-state index is 13.2. The number of rotatable bonds is 10. The summed E-state index contributed by atoms with van der Waals surface area (Å²) in [4.78, 5) is 12.5. The molecule has 3 aromatic carbocycles. The Bertz CT molecular complexity index is 1750. The van der Waals surface area contributed by atoms with Crippen molar-refractivity contribution in [3.63, 3.8) is 0 Å². The summed E-state index contributed by atoms with van der Waals surface area (Å²) in [7, 11) is 0. The molecule has 1 N–H and O–H groups in total. The number of fused-ring (bicyclic) bond motifs is 1. The van der Waals surface area contributed by atoms with E-state index >= 15 is 0 Å². The smallest absolute Gasteiger partial charge is 0.412 e. The summed E-state index contributed by atoms with van der Waals surface area (Å²) in [5, 5.41) is 18.2. The van der Waals surface area contributed by atoms with Crippen LogP contribution >= 0.6 is 0 Å². The van der Waals surface area contributed by atoms with Crippen LogP contribution in [-0.2, 0) is 11.3 Å². The Balaban J connectivity index is 1.21. The fraction of sp³-hybridized carbons (Fsp3) is 0.265.